The van der Waals surface area contributed by atoms with Gasteiger partial charge in [-0.05, 0) is 44.2 Å². The fraction of sp³-hybridized carbons (Fsp3) is 0.0909. The number of benzene rings is 2. The van der Waals surface area contributed by atoms with E-state index in [9.17, 15) is 9.59 Å². The second kappa shape index (κ2) is 7.13. The number of fused-ring (bicyclic) bond motifs is 1. The molecule has 2 aromatic heterocycles. The molecule has 0 saturated carbocycles. The van der Waals surface area contributed by atoms with Crippen molar-refractivity contribution in [3.05, 3.63) is 77.1 Å². The Morgan fingerprint density at radius 3 is 2.00 bits per heavy atom. The molecular formula is C22H17N7O2. The summed E-state index contributed by atoms with van der Waals surface area (Å²) >= 11 is 0. The monoisotopic (exact) mass is 411 g/mol. The summed E-state index contributed by atoms with van der Waals surface area (Å²) in [6.07, 6.45) is 0. The van der Waals surface area contributed by atoms with Crippen molar-refractivity contribution in [1.29, 1.82) is 0 Å². The van der Waals surface area contributed by atoms with Crippen LogP contribution in [-0.4, -0.2) is 37.0 Å². The van der Waals surface area contributed by atoms with Crippen LogP contribution < -0.4 is 10.2 Å². The Balaban J connectivity index is 1.50. The molecule has 0 bridgehead atoms. The molecule has 9 heteroatoms. The van der Waals surface area contributed by atoms with Crippen LogP contribution in [-0.2, 0) is 0 Å². The summed E-state index contributed by atoms with van der Waals surface area (Å²) in [6.45, 7) is 3.75. The number of hydrogen-bond donors (Lipinski definition) is 2. The van der Waals surface area contributed by atoms with E-state index in [-0.39, 0.29) is 17.8 Å². The van der Waals surface area contributed by atoms with Crippen LogP contribution in [0.4, 0.5) is 17.6 Å². The standard InChI is InChI=1S/C22H17N7O2/c1-12-11-13(2)24-21(23-12)26-22-25-18(27-28-22)16-9-5-6-10-17(16)29-19(30)14-7-3-4-8-15(14)20(29)31/h3-11H,1-2H3,(H2,23,24,25,26,27,28). The third-order valence-electron chi connectivity index (χ3n) is 4.89. The Labute approximate surface area is 177 Å². The third kappa shape index (κ3) is 3.21. The van der Waals surface area contributed by atoms with Gasteiger partial charge in [-0.2, -0.15) is 4.98 Å². The Bertz CT molecular complexity index is 1290. The number of amides is 2. The van der Waals surface area contributed by atoms with Crippen LogP contribution in [0.1, 0.15) is 32.1 Å². The molecule has 5 rings (SSSR count). The minimum Gasteiger partial charge on any atom is -0.291 e. The third-order valence-corrected chi connectivity index (χ3v) is 4.89. The van der Waals surface area contributed by atoms with Crippen LogP contribution in [0.15, 0.2) is 54.6 Å². The zero-order valence-corrected chi connectivity index (χ0v) is 16.7. The van der Waals surface area contributed by atoms with Gasteiger partial charge >= 0.3 is 0 Å². The number of aromatic nitrogens is 5. The minimum absolute atomic E-state index is 0.275. The van der Waals surface area contributed by atoms with Gasteiger partial charge in [0.2, 0.25) is 11.9 Å². The molecule has 0 saturated heterocycles. The molecule has 0 fully saturated rings. The lowest BCUT2D eigenvalue weighted by atomic mass is 10.1. The zero-order valence-electron chi connectivity index (χ0n) is 16.7. The SMILES string of the molecule is Cc1cc(C)nc(Nc2n[nH]c(-c3ccccc3N3C(=O)c4ccccc4C3=O)n2)n1. The van der Waals surface area contributed by atoms with Crippen LogP contribution >= 0.6 is 0 Å². The molecule has 0 aliphatic carbocycles. The second-order valence-electron chi connectivity index (χ2n) is 7.12. The van der Waals surface area contributed by atoms with E-state index in [2.05, 4.69) is 30.5 Å². The number of H-pyrrole nitrogens is 1. The Morgan fingerprint density at radius 1 is 0.774 bits per heavy atom. The maximum atomic E-state index is 12.9. The molecule has 3 heterocycles. The summed E-state index contributed by atoms with van der Waals surface area (Å²) in [5, 5.41) is 10.0. The molecule has 2 aromatic carbocycles. The fourth-order valence-corrected chi connectivity index (χ4v) is 3.60. The van der Waals surface area contributed by atoms with Crippen molar-refractivity contribution >= 4 is 29.4 Å². The summed E-state index contributed by atoms with van der Waals surface area (Å²) in [5.41, 5.74) is 3.41. The number of carbonyl (C=O) groups is 2. The Morgan fingerprint density at radius 2 is 1.35 bits per heavy atom. The highest BCUT2D eigenvalue weighted by molar-refractivity contribution is 6.35. The second-order valence-corrected chi connectivity index (χ2v) is 7.12. The fourth-order valence-electron chi connectivity index (χ4n) is 3.60. The lowest BCUT2D eigenvalue weighted by molar-refractivity contribution is 0.0926. The van der Waals surface area contributed by atoms with Crippen molar-refractivity contribution in [3.63, 3.8) is 0 Å². The van der Waals surface area contributed by atoms with Gasteiger partial charge in [-0.15, -0.1) is 5.10 Å². The van der Waals surface area contributed by atoms with E-state index in [1.54, 1.807) is 48.5 Å². The summed E-state index contributed by atoms with van der Waals surface area (Å²) in [6, 6.07) is 15.7. The average molecular weight is 411 g/mol. The Kier molecular flexibility index (Phi) is 4.28. The maximum Gasteiger partial charge on any atom is 0.266 e. The predicted octanol–water partition coefficient (Wildman–Crippen LogP) is 3.42. The zero-order chi connectivity index (χ0) is 21.5. The number of aromatic amines is 1. The smallest absolute Gasteiger partial charge is 0.266 e. The molecule has 0 unspecified atom stereocenters. The number of anilines is 3. The minimum atomic E-state index is -0.366. The van der Waals surface area contributed by atoms with Crippen LogP contribution in [0.25, 0.3) is 11.4 Å². The van der Waals surface area contributed by atoms with E-state index in [1.807, 2.05) is 19.9 Å². The number of nitrogens with zero attached hydrogens (tertiary/aromatic N) is 5. The van der Waals surface area contributed by atoms with Gasteiger partial charge in [-0.3, -0.25) is 20.0 Å². The van der Waals surface area contributed by atoms with Gasteiger partial charge in [0.05, 0.1) is 16.8 Å². The van der Waals surface area contributed by atoms with Crippen LogP contribution in [0, 0.1) is 13.8 Å². The van der Waals surface area contributed by atoms with E-state index >= 15 is 0 Å². The quantitative estimate of drug-likeness (QED) is 0.494. The number of imide groups is 1. The molecular weight excluding hydrogens is 394 g/mol. The molecule has 2 amide bonds. The summed E-state index contributed by atoms with van der Waals surface area (Å²) < 4.78 is 0. The number of rotatable bonds is 4. The van der Waals surface area contributed by atoms with Gasteiger partial charge in [0.1, 0.15) is 0 Å². The van der Waals surface area contributed by atoms with E-state index < -0.39 is 0 Å². The summed E-state index contributed by atoms with van der Waals surface area (Å²) in [5.74, 6) is 0.331. The maximum absolute atomic E-state index is 12.9. The number of aryl methyl sites for hydroxylation is 2. The van der Waals surface area contributed by atoms with Gasteiger partial charge in [0.15, 0.2) is 5.82 Å². The molecule has 2 N–H and O–H groups in total. The van der Waals surface area contributed by atoms with Gasteiger partial charge in [0, 0.05) is 17.0 Å². The first-order chi connectivity index (χ1) is 15.0. The van der Waals surface area contributed by atoms with Crippen molar-refractivity contribution in [1.82, 2.24) is 25.1 Å². The highest BCUT2D eigenvalue weighted by atomic mass is 16.2. The number of nitrogens with one attached hydrogen (secondary N) is 2. The lowest BCUT2D eigenvalue weighted by Crippen LogP contribution is -2.29. The first-order valence-electron chi connectivity index (χ1n) is 9.60. The average Bonchev–Trinajstić information content (AvgIpc) is 3.30. The molecule has 1 aliphatic heterocycles. The molecule has 0 spiro atoms. The van der Waals surface area contributed by atoms with Gasteiger partial charge < -0.3 is 0 Å². The van der Waals surface area contributed by atoms with Crippen LogP contribution in [0.3, 0.4) is 0 Å². The lowest BCUT2D eigenvalue weighted by Gasteiger charge is -2.16. The Hall–Kier alpha value is -4.40. The molecule has 31 heavy (non-hydrogen) atoms. The first-order valence-corrected chi connectivity index (χ1v) is 9.60. The molecule has 0 radical (unpaired) electrons. The predicted molar refractivity (Wildman–Crippen MR) is 114 cm³/mol. The van der Waals surface area contributed by atoms with Gasteiger partial charge in [-0.1, -0.05) is 24.3 Å². The topological polar surface area (TPSA) is 117 Å². The van der Waals surface area contributed by atoms with Crippen molar-refractivity contribution in [3.8, 4) is 11.4 Å². The van der Waals surface area contributed by atoms with E-state index in [0.29, 0.717) is 34.2 Å². The van der Waals surface area contributed by atoms with Crippen molar-refractivity contribution in [2.45, 2.75) is 13.8 Å². The number of hydrogen-bond acceptors (Lipinski definition) is 7. The van der Waals surface area contributed by atoms with Gasteiger partial charge in [-0.25, -0.2) is 14.9 Å². The number of carbonyl (C=O) groups excluding carboxylic acids is 2. The van der Waals surface area contributed by atoms with Crippen molar-refractivity contribution < 1.29 is 9.59 Å². The van der Waals surface area contributed by atoms with Crippen LogP contribution in [0.2, 0.25) is 0 Å². The van der Waals surface area contributed by atoms with Crippen LogP contribution in [0.5, 0.6) is 0 Å². The molecule has 4 aromatic rings. The highest BCUT2D eigenvalue weighted by Gasteiger charge is 2.37. The van der Waals surface area contributed by atoms with Crippen molar-refractivity contribution in [2.24, 2.45) is 0 Å². The normalized spacial score (nSPS) is 12.9. The van der Waals surface area contributed by atoms with Gasteiger partial charge in [0.25, 0.3) is 11.8 Å². The van der Waals surface area contributed by atoms with Crippen molar-refractivity contribution in [2.75, 3.05) is 10.2 Å². The molecule has 9 nitrogen and oxygen atoms in total. The summed E-state index contributed by atoms with van der Waals surface area (Å²) in [4.78, 5) is 40.1. The number of para-hydroxylation sites is 1. The van der Waals surface area contributed by atoms with E-state index in [1.165, 1.54) is 4.90 Å². The van der Waals surface area contributed by atoms with E-state index in [0.717, 1.165) is 11.4 Å². The molecule has 0 atom stereocenters. The summed E-state index contributed by atoms with van der Waals surface area (Å²) in [7, 11) is 0. The molecule has 152 valence electrons. The largest absolute Gasteiger partial charge is 0.291 e. The first kappa shape index (κ1) is 18.6. The van der Waals surface area contributed by atoms with E-state index in [4.69, 9.17) is 0 Å². The molecule has 1 aliphatic rings. The highest BCUT2D eigenvalue weighted by Crippen LogP contribution is 2.34.